The van der Waals surface area contributed by atoms with Crippen LogP contribution >= 0.6 is 0 Å². The molecule has 126 valence electrons. The van der Waals surface area contributed by atoms with Gasteiger partial charge in [-0.1, -0.05) is 6.07 Å². The summed E-state index contributed by atoms with van der Waals surface area (Å²) in [6.07, 6.45) is 1.13. The van der Waals surface area contributed by atoms with Gasteiger partial charge in [-0.2, -0.15) is 0 Å². The minimum atomic E-state index is -3.40. The summed E-state index contributed by atoms with van der Waals surface area (Å²) in [5.41, 5.74) is 1.04. The first-order valence-electron chi connectivity index (χ1n) is 7.16. The standard InChI is InChI=1S/C16H15FN2O4S/c1-24(21,22)19-7-8-23-15-10-13(5-6-14(15)19)18-16(20)11-3-2-4-12(17)9-11/h2-6,9-10H,7-8H2,1H3,(H,18,20). The van der Waals surface area contributed by atoms with Crippen LogP contribution in [0.1, 0.15) is 10.4 Å². The highest BCUT2D eigenvalue weighted by atomic mass is 32.2. The number of hydrogen-bond donors (Lipinski definition) is 1. The molecule has 2 aromatic carbocycles. The second-order valence-corrected chi connectivity index (χ2v) is 7.24. The monoisotopic (exact) mass is 350 g/mol. The molecular formula is C16H15FN2O4S. The lowest BCUT2D eigenvalue weighted by atomic mass is 10.2. The first-order valence-corrected chi connectivity index (χ1v) is 9.01. The lowest BCUT2D eigenvalue weighted by Gasteiger charge is -2.29. The lowest BCUT2D eigenvalue weighted by molar-refractivity contribution is 0.102. The molecule has 0 bridgehead atoms. The molecule has 1 amide bonds. The van der Waals surface area contributed by atoms with Gasteiger partial charge in [0.05, 0.1) is 18.5 Å². The van der Waals surface area contributed by atoms with E-state index in [2.05, 4.69) is 5.32 Å². The van der Waals surface area contributed by atoms with Crippen LogP contribution in [0.3, 0.4) is 0 Å². The largest absolute Gasteiger partial charge is 0.489 e. The summed E-state index contributed by atoms with van der Waals surface area (Å²) in [6.45, 7) is 0.461. The summed E-state index contributed by atoms with van der Waals surface area (Å²) >= 11 is 0. The fourth-order valence-electron chi connectivity index (χ4n) is 2.45. The zero-order chi connectivity index (χ0) is 17.3. The third kappa shape index (κ3) is 3.33. The first kappa shape index (κ1) is 16.3. The number of amides is 1. The highest BCUT2D eigenvalue weighted by Gasteiger charge is 2.25. The lowest BCUT2D eigenvalue weighted by Crippen LogP contribution is -2.37. The van der Waals surface area contributed by atoms with Gasteiger partial charge in [0, 0.05) is 17.3 Å². The number of benzene rings is 2. The molecule has 3 rings (SSSR count). The Morgan fingerprint density at radius 3 is 2.75 bits per heavy atom. The highest BCUT2D eigenvalue weighted by molar-refractivity contribution is 7.92. The van der Waals surface area contributed by atoms with Gasteiger partial charge in [0.1, 0.15) is 18.2 Å². The van der Waals surface area contributed by atoms with Gasteiger partial charge in [-0.3, -0.25) is 9.10 Å². The number of halogens is 1. The summed E-state index contributed by atoms with van der Waals surface area (Å²) in [7, 11) is -3.40. The Bertz CT molecular complexity index is 899. The molecule has 0 atom stereocenters. The molecule has 0 aliphatic carbocycles. The zero-order valence-corrected chi connectivity index (χ0v) is 13.6. The molecule has 8 heteroatoms. The van der Waals surface area contributed by atoms with Crippen LogP contribution in [0.15, 0.2) is 42.5 Å². The average Bonchev–Trinajstić information content (AvgIpc) is 2.53. The number of anilines is 2. The van der Waals surface area contributed by atoms with E-state index in [9.17, 15) is 17.6 Å². The topological polar surface area (TPSA) is 75.7 Å². The molecule has 0 unspecified atom stereocenters. The normalized spacial score (nSPS) is 13.8. The van der Waals surface area contributed by atoms with Gasteiger partial charge in [0.25, 0.3) is 5.91 Å². The highest BCUT2D eigenvalue weighted by Crippen LogP contribution is 2.35. The summed E-state index contributed by atoms with van der Waals surface area (Å²) in [4.78, 5) is 12.1. The molecule has 0 saturated carbocycles. The number of ether oxygens (including phenoxy) is 1. The molecular weight excluding hydrogens is 335 g/mol. The molecule has 1 aliphatic heterocycles. The van der Waals surface area contributed by atoms with Crippen molar-refractivity contribution in [3.05, 3.63) is 53.8 Å². The molecule has 1 N–H and O–H groups in total. The van der Waals surface area contributed by atoms with E-state index in [0.29, 0.717) is 17.1 Å². The summed E-state index contributed by atoms with van der Waals surface area (Å²) in [5, 5.41) is 2.64. The van der Waals surface area contributed by atoms with Crippen molar-refractivity contribution in [2.75, 3.05) is 29.0 Å². The maximum atomic E-state index is 13.2. The second-order valence-electron chi connectivity index (χ2n) is 5.33. The smallest absolute Gasteiger partial charge is 0.255 e. The number of nitrogens with one attached hydrogen (secondary N) is 1. The van der Waals surface area contributed by atoms with Crippen LogP contribution in [0.2, 0.25) is 0 Å². The number of nitrogens with zero attached hydrogens (tertiary/aromatic N) is 1. The van der Waals surface area contributed by atoms with Gasteiger partial charge in [0.2, 0.25) is 10.0 Å². The van der Waals surface area contributed by atoms with Crippen molar-refractivity contribution in [3.63, 3.8) is 0 Å². The Balaban J connectivity index is 1.85. The molecule has 1 aliphatic rings. The van der Waals surface area contributed by atoms with Gasteiger partial charge in [0.15, 0.2) is 0 Å². The number of carbonyl (C=O) groups excluding carboxylic acids is 1. The Morgan fingerprint density at radius 2 is 2.04 bits per heavy atom. The quantitative estimate of drug-likeness (QED) is 0.921. The minimum Gasteiger partial charge on any atom is -0.489 e. The number of fused-ring (bicyclic) bond motifs is 1. The van der Waals surface area contributed by atoms with E-state index in [4.69, 9.17) is 4.74 Å². The van der Waals surface area contributed by atoms with E-state index in [1.54, 1.807) is 18.2 Å². The Kier molecular flexibility index (Phi) is 4.15. The molecule has 0 spiro atoms. The van der Waals surface area contributed by atoms with E-state index in [-0.39, 0.29) is 18.7 Å². The van der Waals surface area contributed by atoms with E-state index in [1.165, 1.54) is 22.5 Å². The molecule has 0 fully saturated rings. The second kappa shape index (κ2) is 6.12. The third-order valence-electron chi connectivity index (χ3n) is 3.53. The maximum Gasteiger partial charge on any atom is 0.255 e. The van der Waals surface area contributed by atoms with Crippen molar-refractivity contribution in [2.45, 2.75) is 0 Å². The molecule has 0 aromatic heterocycles. The predicted molar refractivity (Wildman–Crippen MR) is 88.5 cm³/mol. The van der Waals surface area contributed by atoms with Gasteiger partial charge in [-0.05, 0) is 30.3 Å². The van der Waals surface area contributed by atoms with Crippen LogP contribution in [-0.4, -0.2) is 33.7 Å². The van der Waals surface area contributed by atoms with E-state index in [0.717, 1.165) is 12.3 Å². The Labute approximate surface area is 138 Å². The Morgan fingerprint density at radius 1 is 1.25 bits per heavy atom. The molecule has 0 radical (unpaired) electrons. The van der Waals surface area contributed by atoms with Crippen LogP contribution in [0.5, 0.6) is 5.75 Å². The zero-order valence-electron chi connectivity index (χ0n) is 12.8. The van der Waals surface area contributed by atoms with Crippen molar-refractivity contribution in [1.29, 1.82) is 0 Å². The van der Waals surface area contributed by atoms with Crippen LogP contribution in [-0.2, 0) is 10.0 Å². The average molecular weight is 350 g/mol. The number of sulfonamides is 1. The number of hydrogen-bond acceptors (Lipinski definition) is 4. The van der Waals surface area contributed by atoms with Crippen LogP contribution < -0.4 is 14.4 Å². The van der Waals surface area contributed by atoms with Crippen LogP contribution in [0.25, 0.3) is 0 Å². The third-order valence-corrected chi connectivity index (χ3v) is 4.71. The number of carbonyl (C=O) groups is 1. The van der Waals surface area contributed by atoms with Crippen LogP contribution in [0, 0.1) is 5.82 Å². The van der Waals surface area contributed by atoms with E-state index in [1.807, 2.05) is 0 Å². The van der Waals surface area contributed by atoms with Gasteiger partial charge in [-0.25, -0.2) is 12.8 Å². The number of rotatable bonds is 3. The van der Waals surface area contributed by atoms with Crippen molar-refractivity contribution < 1.29 is 22.3 Å². The van der Waals surface area contributed by atoms with Crippen molar-refractivity contribution in [2.24, 2.45) is 0 Å². The molecule has 2 aromatic rings. The summed E-state index contributed by atoms with van der Waals surface area (Å²) in [6, 6.07) is 10.0. The fraction of sp³-hybridized carbons (Fsp3) is 0.188. The Hall–Kier alpha value is -2.61. The van der Waals surface area contributed by atoms with E-state index >= 15 is 0 Å². The molecule has 6 nitrogen and oxygen atoms in total. The van der Waals surface area contributed by atoms with Gasteiger partial charge < -0.3 is 10.1 Å². The predicted octanol–water partition coefficient (Wildman–Crippen LogP) is 2.24. The fourth-order valence-corrected chi connectivity index (χ4v) is 3.36. The van der Waals surface area contributed by atoms with Crippen molar-refractivity contribution >= 4 is 27.3 Å². The van der Waals surface area contributed by atoms with Crippen molar-refractivity contribution in [1.82, 2.24) is 0 Å². The van der Waals surface area contributed by atoms with Crippen molar-refractivity contribution in [3.8, 4) is 5.75 Å². The summed E-state index contributed by atoms with van der Waals surface area (Å²) < 4.78 is 43.5. The minimum absolute atomic E-state index is 0.186. The van der Waals surface area contributed by atoms with Gasteiger partial charge in [-0.15, -0.1) is 0 Å². The SMILES string of the molecule is CS(=O)(=O)N1CCOc2cc(NC(=O)c3cccc(F)c3)ccc21. The molecule has 24 heavy (non-hydrogen) atoms. The summed E-state index contributed by atoms with van der Waals surface area (Å²) in [5.74, 6) is -0.603. The van der Waals surface area contributed by atoms with Crippen LogP contribution in [0.4, 0.5) is 15.8 Å². The molecule has 1 heterocycles. The van der Waals surface area contributed by atoms with Gasteiger partial charge >= 0.3 is 0 Å². The van der Waals surface area contributed by atoms with E-state index < -0.39 is 21.7 Å². The maximum absolute atomic E-state index is 13.2. The first-order chi connectivity index (χ1) is 11.3. The molecule has 0 saturated heterocycles.